The molecule has 0 fully saturated rings. The molecule has 0 aromatic heterocycles. The summed E-state index contributed by atoms with van der Waals surface area (Å²) < 4.78 is 0. The molecule has 0 aliphatic carbocycles. The van der Waals surface area contributed by atoms with Gasteiger partial charge in [0.15, 0.2) is 0 Å². The Morgan fingerprint density at radius 1 is 1.25 bits per heavy atom. The topological polar surface area (TPSA) is 58.3 Å². The number of aliphatic hydroxyl groups is 1. The standard InChI is InChI=1S/C9H22N2O/c1-9(2,8-10)11-6-4-3-5-7-12/h11-12H,3-8,10H2,1-2H3. The van der Waals surface area contributed by atoms with Crippen LogP contribution in [0.2, 0.25) is 0 Å². The molecule has 0 unspecified atom stereocenters. The molecule has 0 aliphatic rings. The van der Waals surface area contributed by atoms with Crippen molar-refractivity contribution in [2.75, 3.05) is 19.7 Å². The van der Waals surface area contributed by atoms with Gasteiger partial charge in [-0.3, -0.25) is 0 Å². The summed E-state index contributed by atoms with van der Waals surface area (Å²) in [7, 11) is 0. The number of nitrogens with two attached hydrogens (primary N) is 1. The monoisotopic (exact) mass is 174 g/mol. The van der Waals surface area contributed by atoms with Crippen LogP contribution < -0.4 is 11.1 Å². The first-order valence-corrected chi connectivity index (χ1v) is 4.68. The molecular formula is C9H22N2O. The third-order valence-corrected chi connectivity index (χ3v) is 1.95. The van der Waals surface area contributed by atoms with E-state index in [1.54, 1.807) is 0 Å². The molecule has 0 saturated carbocycles. The van der Waals surface area contributed by atoms with Crippen LogP contribution in [0.15, 0.2) is 0 Å². The molecule has 12 heavy (non-hydrogen) atoms. The maximum atomic E-state index is 8.53. The Bertz CT molecular complexity index is 105. The lowest BCUT2D eigenvalue weighted by atomic mass is 10.1. The molecule has 0 saturated heterocycles. The molecule has 0 rings (SSSR count). The summed E-state index contributed by atoms with van der Waals surface area (Å²) in [4.78, 5) is 0. The minimum atomic E-state index is 0.0548. The molecule has 0 heterocycles. The summed E-state index contributed by atoms with van der Waals surface area (Å²) in [6.07, 6.45) is 3.11. The highest BCUT2D eigenvalue weighted by atomic mass is 16.2. The van der Waals surface area contributed by atoms with Gasteiger partial charge in [0.1, 0.15) is 0 Å². The largest absolute Gasteiger partial charge is 0.396 e. The number of rotatable bonds is 7. The first-order valence-electron chi connectivity index (χ1n) is 4.68. The molecule has 0 spiro atoms. The quantitative estimate of drug-likeness (QED) is 0.492. The molecule has 0 amide bonds. The van der Waals surface area contributed by atoms with Crippen molar-refractivity contribution in [1.29, 1.82) is 0 Å². The molecule has 3 heteroatoms. The van der Waals surface area contributed by atoms with Crippen LogP contribution in [0.25, 0.3) is 0 Å². The van der Waals surface area contributed by atoms with Crippen LogP contribution in [0.5, 0.6) is 0 Å². The summed E-state index contributed by atoms with van der Waals surface area (Å²) in [6.45, 7) is 6.15. The molecule has 0 aromatic rings. The smallest absolute Gasteiger partial charge is 0.0431 e. The molecule has 0 aliphatic heterocycles. The summed E-state index contributed by atoms with van der Waals surface area (Å²) >= 11 is 0. The third kappa shape index (κ3) is 6.58. The second kappa shape index (κ2) is 6.40. The van der Waals surface area contributed by atoms with E-state index >= 15 is 0 Å². The van der Waals surface area contributed by atoms with E-state index in [1.165, 1.54) is 0 Å². The minimum Gasteiger partial charge on any atom is -0.396 e. The van der Waals surface area contributed by atoms with Crippen LogP contribution in [0.4, 0.5) is 0 Å². The lowest BCUT2D eigenvalue weighted by Crippen LogP contribution is -2.46. The van der Waals surface area contributed by atoms with E-state index in [0.29, 0.717) is 13.2 Å². The van der Waals surface area contributed by atoms with Gasteiger partial charge in [0.25, 0.3) is 0 Å². The van der Waals surface area contributed by atoms with Crippen LogP contribution >= 0.6 is 0 Å². The van der Waals surface area contributed by atoms with Crippen molar-refractivity contribution in [2.45, 2.75) is 38.6 Å². The molecular weight excluding hydrogens is 152 g/mol. The Balaban J connectivity index is 3.19. The summed E-state index contributed by atoms with van der Waals surface area (Å²) in [5.74, 6) is 0. The number of aliphatic hydroxyl groups excluding tert-OH is 1. The first-order chi connectivity index (χ1) is 5.62. The van der Waals surface area contributed by atoms with Crippen molar-refractivity contribution in [3.63, 3.8) is 0 Å². The number of nitrogens with one attached hydrogen (secondary N) is 1. The summed E-state index contributed by atoms with van der Waals surface area (Å²) in [6, 6.07) is 0. The Kier molecular flexibility index (Phi) is 6.34. The third-order valence-electron chi connectivity index (χ3n) is 1.95. The van der Waals surface area contributed by atoms with Crippen molar-refractivity contribution in [3.05, 3.63) is 0 Å². The van der Waals surface area contributed by atoms with E-state index in [-0.39, 0.29) is 5.54 Å². The van der Waals surface area contributed by atoms with Crippen molar-refractivity contribution >= 4 is 0 Å². The van der Waals surface area contributed by atoms with E-state index in [2.05, 4.69) is 19.2 Å². The zero-order chi connectivity index (χ0) is 9.45. The fourth-order valence-corrected chi connectivity index (χ4v) is 0.913. The SMILES string of the molecule is CC(C)(CN)NCCCCCO. The fourth-order valence-electron chi connectivity index (χ4n) is 0.913. The Morgan fingerprint density at radius 3 is 2.42 bits per heavy atom. The van der Waals surface area contributed by atoms with Crippen LogP contribution in [0.1, 0.15) is 33.1 Å². The van der Waals surface area contributed by atoms with Crippen LogP contribution in [-0.2, 0) is 0 Å². The van der Waals surface area contributed by atoms with E-state index < -0.39 is 0 Å². The summed E-state index contributed by atoms with van der Waals surface area (Å²) in [5.41, 5.74) is 5.60. The van der Waals surface area contributed by atoms with E-state index in [4.69, 9.17) is 10.8 Å². The molecule has 74 valence electrons. The molecule has 0 atom stereocenters. The zero-order valence-corrected chi connectivity index (χ0v) is 8.27. The number of hydrogen-bond donors (Lipinski definition) is 3. The Labute approximate surface area is 75.3 Å². The highest BCUT2D eigenvalue weighted by Gasteiger charge is 2.12. The van der Waals surface area contributed by atoms with Crippen LogP contribution in [0, 0.1) is 0 Å². The fraction of sp³-hybridized carbons (Fsp3) is 1.00. The molecule has 0 radical (unpaired) electrons. The predicted octanol–water partition coefficient (Wildman–Crippen LogP) is 0.476. The average molecular weight is 174 g/mol. The molecule has 0 aromatic carbocycles. The normalized spacial score (nSPS) is 12.0. The van der Waals surface area contributed by atoms with E-state index in [9.17, 15) is 0 Å². The van der Waals surface area contributed by atoms with E-state index in [1.807, 2.05) is 0 Å². The maximum absolute atomic E-state index is 8.53. The maximum Gasteiger partial charge on any atom is 0.0431 e. The number of unbranched alkanes of at least 4 members (excludes halogenated alkanes) is 2. The van der Waals surface area contributed by atoms with Gasteiger partial charge in [0, 0.05) is 18.7 Å². The molecule has 4 N–H and O–H groups in total. The lowest BCUT2D eigenvalue weighted by Gasteiger charge is -2.24. The Morgan fingerprint density at radius 2 is 1.92 bits per heavy atom. The number of hydrogen-bond acceptors (Lipinski definition) is 3. The average Bonchev–Trinajstić information content (AvgIpc) is 2.04. The van der Waals surface area contributed by atoms with Gasteiger partial charge >= 0.3 is 0 Å². The van der Waals surface area contributed by atoms with Crippen molar-refractivity contribution in [2.24, 2.45) is 5.73 Å². The lowest BCUT2D eigenvalue weighted by molar-refractivity contribution is 0.281. The second-order valence-electron chi connectivity index (χ2n) is 3.80. The highest BCUT2D eigenvalue weighted by molar-refractivity contribution is 4.77. The van der Waals surface area contributed by atoms with Gasteiger partial charge in [-0.05, 0) is 39.7 Å². The second-order valence-corrected chi connectivity index (χ2v) is 3.80. The van der Waals surface area contributed by atoms with E-state index in [0.717, 1.165) is 25.8 Å². The van der Waals surface area contributed by atoms with Crippen LogP contribution in [-0.4, -0.2) is 30.3 Å². The zero-order valence-electron chi connectivity index (χ0n) is 8.27. The van der Waals surface area contributed by atoms with Gasteiger partial charge in [-0.15, -0.1) is 0 Å². The molecule has 3 nitrogen and oxygen atoms in total. The Hall–Kier alpha value is -0.120. The van der Waals surface area contributed by atoms with Gasteiger partial charge in [-0.25, -0.2) is 0 Å². The summed E-state index contributed by atoms with van der Waals surface area (Å²) in [5, 5.41) is 11.9. The first kappa shape index (κ1) is 11.9. The van der Waals surface area contributed by atoms with Gasteiger partial charge in [0.05, 0.1) is 0 Å². The van der Waals surface area contributed by atoms with Crippen molar-refractivity contribution < 1.29 is 5.11 Å². The van der Waals surface area contributed by atoms with Gasteiger partial charge in [-0.2, -0.15) is 0 Å². The van der Waals surface area contributed by atoms with Crippen molar-refractivity contribution in [1.82, 2.24) is 5.32 Å². The van der Waals surface area contributed by atoms with Gasteiger partial charge in [0.2, 0.25) is 0 Å². The van der Waals surface area contributed by atoms with Crippen molar-refractivity contribution in [3.8, 4) is 0 Å². The highest BCUT2D eigenvalue weighted by Crippen LogP contribution is 1.99. The van der Waals surface area contributed by atoms with Gasteiger partial charge in [-0.1, -0.05) is 0 Å². The van der Waals surface area contributed by atoms with Crippen LogP contribution in [0.3, 0.4) is 0 Å². The van der Waals surface area contributed by atoms with Gasteiger partial charge < -0.3 is 16.2 Å². The minimum absolute atomic E-state index is 0.0548. The predicted molar refractivity (Wildman–Crippen MR) is 52.1 cm³/mol. The molecule has 0 bridgehead atoms.